The number of aromatic carboxylic acids is 1. The molecule has 1 aromatic carbocycles. The molecule has 5 nitrogen and oxygen atoms in total. The van der Waals surface area contributed by atoms with Gasteiger partial charge in [0, 0.05) is 17.5 Å². The number of hydrogen-bond acceptors (Lipinski definition) is 4. The molecular formula is C17H19NO4S. The molecule has 0 aliphatic rings. The smallest absolute Gasteiger partial charge is 0.339 e. The zero-order valence-corrected chi connectivity index (χ0v) is 14.4. The maximum absolute atomic E-state index is 12.6. The number of thioether (sulfide) groups is 1. The van der Waals surface area contributed by atoms with Gasteiger partial charge in [0.2, 0.25) is 0 Å². The van der Waals surface area contributed by atoms with Gasteiger partial charge in [-0.15, -0.1) is 11.8 Å². The number of amides is 1. The summed E-state index contributed by atoms with van der Waals surface area (Å²) >= 11 is 1.58. The van der Waals surface area contributed by atoms with E-state index >= 15 is 0 Å². The molecule has 1 N–H and O–H groups in total. The number of rotatable bonds is 5. The second kappa shape index (κ2) is 6.91. The van der Waals surface area contributed by atoms with Gasteiger partial charge in [0.1, 0.15) is 17.1 Å². The third-order valence-electron chi connectivity index (χ3n) is 3.61. The number of benzene rings is 1. The van der Waals surface area contributed by atoms with Crippen molar-refractivity contribution in [3.63, 3.8) is 0 Å². The van der Waals surface area contributed by atoms with Gasteiger partial charge in [-0.25, -0.2) is 4.79 Å². The lowest BCUT2D eigenvalue weighted by Gasteiger charge is -2.17. The van der Waals surface area contributed by atoms with Crippen LogP contribution >= 0.6 is 11.8 Å². The molecular weight excluding hydrogens is 314 g/mol. The molecule has 2 aromatic rings. The van der Waals surface area contributed by atoms with Crippen molar-refractivity contribution in [2.24, 2.45) is 0 Å². The van der Waals surface area contributed by atoms with E-state index in [0.29, 0.717) is 17.1 Å². The zero-order valence-electron chi connectivity index (χ0n) is 13.5. The molecule has 0 radical (unpaired) electrons. The Balaban J connectivity index is 2.20. The summed E-state index contributed by atoms with van der Waals surface area (Å²) < 4.78 is 5.43. The quantitative estimate of drug-likeness (QED) is 0.847. The van der Waals surface area contributed by atoms with Crippen molar-refractivity contribution in [2.45, 2.75) is 25.3 Å². The van der Waals surface area contributed by atoms with Crippen LogP contribution in [0.5, 0.6) is 0 Å². The number of carboxylic acid groups (broad SMARTS) is 1. The Labute approximate surface area is 139 Å². The van der Waals surface area contributed by atoms with Crippen LogP contribution in [0.4, 0.5) is 0 Å². The van der Waals surface area contributed by atoms with E-state index in [4.69, 9.17) is 9.52 Å². The van der Waals surface area contributed by atoms with Crippen LogP contribution in [0.2, 0.25) is 0 Å². The van der Waals surface area contributed by atoms with Crippen LogP contribution in [0.1, 0.15) is 37.8 Å². The molecule has 1 heterocycles. The maximum Gasteiger partial charge on any atom is 0.339 e. The SMILES string of the molecule is CSc1ccc(C)c(C(=O)N(C)Cc2cc(C(=O)O)c(C)o2)c1. The Bertz CT molecular complexity index is 751. The Hall–Kier alpha value is -2.21. The van der Waals surface area contributed by atoms with E-state index in [-0.39, 0.29) is 18.0 Å². The van der Waals surface area contributed by atoms with Gasteiger partial charge in [-0.3, -0.25) is 4.79 Å². The number of furan rings is 1. The number of carboxylic acids is 1. The fourth-order valence-electron chi connectivity index (χ4n) is 2.30. The van der Waals surface area contributed by atoms with E-state index in [1.807, 2.05) is 31.4 Å². The fraction of sp³-hybridized carbons (Fsp3) is 0.294. The van der Waals surface area contributed by atoms with E-state index < -0.39 is 5.97 Å². The highest BCUT2D eigenvalue weighted by Gasteiger charge is 2.19. The molecule has 0 aliphatic carbocycles. The Kier molecular flexibility index (Phi) is 5.15. The van der Waals surface area contributed by atoms with Gasteiger partial charge in [-0.2, -0.15) is 0 Å². The summed E-state index contributed by atoms with van der Waals surface area (Å²) in [4.78, 5) is 26.2. The Morgan fingerprint density at radius 1 is 1.22 bits per heavy atom. The molecule has 0 saturated heterocycles. The van der Waals surface area contributed by atoms with Crippen molar-refractivity contribution in [2.75, 3.05) is 13.3 Å². The van der Waals surface area contributed by atoms with E-state index in [0.717, 1.165) is 10.5 Å². The lowest BCUT2D eigenvalue weighted by molar-refractivity contribution is 0.0694. The van der Waals surface area contributed by atoms with Crippen LogP contribution in [0.3, 0.4) is 0 Å². The van der Waals surface area contributed by atoms with Crippen LogP contribution < -0.4 is 0 Å². The van der Waals surface area contributed by atoms with E-state index in [9.17, 15) is 9.59 Å². The predicted molar refractivity (Wildman–Crippen MR) is 89.2 cm³/mol. The molecule has 1 amide bonds. The Morgan fingerprint density at radius 2 is 1.91 bits per heavy atom. The third-order valence-corrected chi connectivity index (χ3v) is 4.34. The first-order valence-corrected chi connectivity index (χ1v) is 8.28. The summed E-state index contributed by atoms with van der Waals surface area (Å²) in [5, 5.41) is 9.05. The van der Waals surface area contributed by atoms with Crippen LogP contribution in [0, 0.1) is 13.8 Å². The number of nitrogens with zero attached hydrogens (tertiary/aromatic N) is 1. The van der Waals surface area contributed by atoms with Gasteiger partial charge in [-0.05, 0) is 43.9 Å². The van der Waals surface area contributed by atoms with Crippen LogP contribution in [0.25, 0.3) is 0 Å². The van der Waals surface area contributed by atoms with Crippen molar-refractivity contribution in [3.05, 3.63) is 52.5 Å². The summed E-state index contributed by atoms with van der Waals surface area (Å²) in [6, 6.07) is 7.24. The highest BCUT2D eigenvalue weighted by atomic mass is 32.2. The minimum Gasteiger partial charge on any atom is -0.478 e. The molecule has 0 saturated carbocycles. The van der Waals surface area contributed by atoms with Crippen molar-refractivity contribution < 1.29 is 19.1 Å². The van der Waals surface area contributed by atoms with Crippen molar-refractivity contribution in [3.8, 4) is 0 Å². The van der Waals surface area contributed by atoms with Crippen molar-refractivity contribution >= 4 is 23.6 Å². The number of aryl methyl sites for hydroxylation is 2. The van der Waals surface area contributed by atoms with Crippen molar-refractivity contribution in [1.29, 1.82) is 0 Å². The normalized spacial score (nSPS) is 10.6. The zero-order chi connectivity index (χ0) is 17.1. The molecule has 0 spiro atoms. The largest absolute Gasteiger partial charge is 0.478 e. The summed E-state index contributed by atoms with van der Waals surface area (Å²) in [6.07, 6.45) is 1.96. The average Bonchev–Trinajstić information content (AvgIpc) is 2.87. The molecule has 1 aromatic heterocycles. The third kappa shape index (κ3) is 3.76. The maximum atomic E-state index is 12.6. The molecule has 2 rings (SSSR count). The number of carbonyl (C=O) groups is 2. The second-order valence-corrected chi connectivity index (χ2v) is 6.21. The fourth-order valence-corrected chi connectivity index (χ4v) is 2.74. The first-order valence-electron chi connectivity index (χ1n) is 7.06. The average molecular weight is 333 g/mol. The monoisotopic (exact) mass is 333 g/mol. The van der Waals surface area contributed by atoms with Crippen LogP contribution in [-0.4, -0.2) is 35.2 Å². The van der Waals surface area contributed by atoms with Gasteiger partial charge < -0.3 is 14.4 Å². The first kappa shape index (κ1) is 17.1. The van der Waals surface area contributed by atoms with E-state index in [1.165, 1.54) is 11.0 Å². The topological polar surface area (TPSA) is 70.8 Å². The number of hydrogen-bond donors (Lipinski definition) is 1. The molecule has 0 fully saturated rings. The summed E-state index contributed by atoms with van der Waals surface area (Å²) in [5.74, 6) is -0.359. The van der Waals surface area contributed by atoms with Gasteiger partial charge in [0.15, 0.2) is 0 Å². The van der Waals surface area contributed by atoms with Crippen LogP contribution in [0.15, 0.2) is 33.6 Å². The minimum atomic E-state index is -1.03. The van der Waals surface area contributed by atoms with Gasteiger partial charge in [-0.1, -0.05) is 6.07 Å². The molecule has 0 atom stereocenters. The second-order valence-electron chi connectivity index (χ2n) is 5.33. The highest BCUT2D eigenvalue weighted by molar-refractivity contribution is 7.98. The summed E-state index contributed by atoms with van der Waals surface area (Å²) in [7, 11) is 1.67. The molecule has 23 heavy (non-hydrogen) atoms. The minimum absolute atomic E-state index is 0.121. The summed E-state index contributed by atoms with van der Waals surface area (Å²) in [6.45, 7) is 3.71. The van der Waals surface area contributed by atoms with Crippen molar-refractivity contribution in [1.82, 2.24) is 4.90 Å². The molecule has 0 bridgehead atoms. The summed E-state index contributed by atoms with van der Waals surface area (Å²) in [5.41, 5.74) is 1.67. The molecule has 6 heteroatoms. The lowest BCUT2D eigenvalue weighted by atomic mass is 10.1. The molecule has 122 valence electrons. The number of carbonyl (C=O) groups excluding carboxylic acids is 1. The lowest BCUT2D eigenvalue weighted by Crippen LogP contribution is -2.26. The highest BCUT2D eigenvalue weighted by Crippen LogP contribution is 2.21. The van der Waals surface area contributed by atoms with Crippen LogP contribution in [-0.2, 0) is 6.54 Å². The first-order chi connectivity index (χ1) is 10.8. The Morgan fingerprint density at radius 3 is 2.48 bits per heavy atom. The van der Waals surface area contributed by atoms with E-state index in [2.05, 4.69) is 0 Å². The van der Waals surface area contributed by atoms with E-state index in [1.54, 1.807) is 25.7 Å². The van der Waals surface area contributed by atoms with Gasteiger partial charge in [0.05, 0.1) is 6.54 Å². The van der Waals surface area contributed by atoms with Gasteiger partial charge in [0.25, 0.3) is 5.91 Å². The predicted octanol–water partition coefficient (Wildman–Crippen LogP) is 3.59. The molecule has 0 aliphatic heterocycles. The molecule has 0 unspecified atom stereocenters. The van der Waals surface area contributed by atoms with Gasteiger partial charge >= 0.3 is 5.97 Å². The standard InChI is InChI=1S/C17H19NO4S/c1-10-5-6-13(23-4)8-14(10)16(19)18(3)9-12-7-15(17(20)21)11(2)22-12/h5-8H,9H2,1-4H3,(H,20,21).